The molecule has 0 saturated heterocycles. The van der Waals surface area contributed by atoms with Gasteiger partial charge in [0.25, 0.3) is 5.91 Å². The number of methoxy groups -OCH3 is 2. The number of rotatable bonds is 5. The van der Waals surface area contributed by atoms with Crippen molar-refractivity contribution in [2.45, 2.75) is 51.1 Å². The number of hydrogen-bond acceptors (Lipinski definition) is 5. The van der Waals surface area contributed by atoms with Crippen LogP contribution in [0.15, 0.2) is 30.5 Å². The van der Waals surface area contributed by atoms with E-state index in [4.69, 9.17) is 9.47 Å². The third-order valence-corrected chi connectivity index (χ3v) is 5.99. The zero-order valence-electron chi connectivity index (χ0n) is 17.2. The monoisotopic (exact) mass is 395 g/mol. The number of ether oxygens (including phenoxy) is 2. The van der Waals surface area contributed by atoms with Crippen molar-refractivity contribution in [1.29, 1.82) is 0 Å². The van der Waals surface area contributed by atoms with E-state index in [1.807, 2.05) is 12.1 Å². The number of pyridine rings is 1. The van der Waals surface area contributed by atoms with Crippen molar-refractivity contribution in [3.05, 3.63) is 47.2 Å². The van der Waals surface area contributed by atoms with Gasteiger partial charge in [0.15, 0.2) is 11.5 Å². The lowest BCUT2D eigenvalue weighted by Gasteiger charge is -2.30. The van der Waals surface area contributed by atoms with E-state index >= 15 is 0 Å². The molecule has 6 nitrogen and oxygen atoms in total. The summed E-state index contributed by atoms with van der Waals surface area (Å²) in [7, 11) is 3.31. The minimum absolute atomic E-state index is 0.00404. The van der Waals surface area contributed by atoms with Crippen molar-refractivity contribution in [2.75, 3.05) is 25.7 Å². The van der Waals surface area contributed by atoms with Crippen molar-refractivity contribution in [3.8, 4) is 11.5 Å². The first kappa shape index (κ1) is 19.6. The molecule has 2 heterocycles. The molecule has 1 saturated carbocycles. The van der Waals surface area contributed by atoms with E-state index in [-0.39, 0.29) is 5.91 Å². The molecule has 1 aromatic heterocycles. The van der Waals surface area contributed by atoms with Crippen LogP contribution in [0.1, 0.15) is 53.6 Å². The molecule has 1 aliphatic heterocycles. The number of amides is 1. The van der Waals surface area contributed by atoms with E-state index < -0.39 is 0 Å². The molecule has 4 rings (SSSR count). The predicted octanol–water partition coefficient (Wildman–Crippen LogP) is 3.72. The quantitative estimate of drug-likeness (QED) is 0.836. The highest BCUT2D eigenvalue weighted by Gasteiger charge is 2.22. The van der Waals surface area contributed by atoms with Gasteiger partial charge in [-0.2, -0.15) is 0 Å². The van der Waals surface area contributed by atoms with E-state index in [9.17, 15) is 4.79 Å². The maximum atomic E-state index is 12.7. The Morgan fingerprint density at radius 1 is 1.07 bits per heavy atom. The van der Waals surface area contributed by atoms with Crippen LogP contribution in [0.2, 0.25) is 0 Å². The number of benzene rings is 1. The van der Waals surface area contributed by atoms with Gasteiger partial charge in [-0.05, 0) is 54.7 Å². The van der Waals surface area contributed by atoms with Crippen molar-refractivity contribution in [3.63, 3.8) is 0 Å². The van der Waals surface area contributed by atoms with Gasteiger partial charge in [-0.1, -0.05) is 19.3 Å². The minimum Gasteiger partial charge on any atom is -0.493 e. The van der Waals surface area contributed by atoms with Crippen LogP contribution in [0.3, 0.4) is 0 Å². The molecule has 1 aromatic carbocycles. The zero-order chi connectivity index (χ0) is 20.2. The Morgan fingerprint density at radius 2 is 1.79 bits per heavy atom. The number of hydrogen-bond donors (Lipinski definition) is 1. The van der Waals surface area contributed by atoms with Gasteiger partial charge in [0.2, 0.25) is 0 Å². The molecule has 0 atom stereocenters. The van der Waals surface area contributed by atoms with Crippen LogP contribution >= 0.6 is 0 Å². The fourth-order valence-corrected chi connectivity index (χ4v) is 4.33. The van der Waals surface area contributed by atoms with Gasteiger partial charge in [-0.3, -0.25) is 4.79 Å². The minimum atomic E-state index is 0.00404. The van der Waals surface area contributed by atoms with E-state index in [1.54, 1.807) is 26.5 Å². The fraction of sp³-hybridized carbons (Fsp3) is 0.478. The molecule has 2 aromatic rings. The topological polar surface area (TPSA) is 63.7 Å². The van der Waals surface area contributed by atoms with E-state index in [2.05, 4.69) is 21.3 Å². The van der Waals surface area contributed by atoms with Crippen LogP contribution in [0.5, 0.6) is 11.5 Å². The molecule has 1 aliphatic carbocycles. The Kier molecular flexibility index (Phi) is 5.88. The third kappa shape index (κ3) is 4.31. The molecule has 29 heavy (non-hydrogen) atoms. The largest absolute Gasteiger partial charge is 0.493 e. The Labute approximate surface area is 172 Å². The average Bonchev–Trinajstić information content (AvgIpc) is 2.78. The molecule has 1 fully saturated rings. The molecular weight excluding hydrogens is 366 g/mol. The number of fused-ring (bicyclic) bond motifs is 1. The number of nitrogens with one attached hydrogen (secondary N) is 1. The van der Waals surface area contributed by atoms with Crippen molar-refractivity contribution < 1.29 is 14.3 Å². The molecule has 2 aliphatic rings. The van der Waals surface area contributed by atoms with Gasteiger partial charge >= 0.3 is 0 Å². The number of carbonyl (C=O) groups excluding carboxylic acids is 1. The third-order valence-electron chi connectivity index (χ3n) is 5.99. The van der Waals surface area contributed by atoms with Crippen LogP contribution in [-0.4, -0.2) is 37.7 Å². The highest BCUT2D eigenvalue weighted by atomic mass is 16.5. The summed E-state index contributed by atoms with van der Waals surface area (Å²) in [5, 5.41) is 3.19. The van der Waals surface area contributed by atoms with Crippen molar-refractivity contribution in [1.82, 2.24) is 10.3 Å². The molecule has 0 unspecified atom stereocenters. The zero-order valence-corrected chi connectivity index (χ0v) is 17.2. The molecule has 0 spiro atoms. The molecular formula is C23H29N3O3. The summed E-state index contributed by atoms with van der Waals surface area (Å²) in [6.07, 6.45) is 8.47. The van der Waals surface area contributed by atoms with Gasteiger partial charge in [0, 0.05) is 30.9 Å². The second kappa shape index (κ2) is 8.72. The number of aromatic nitrogens is 1. The smallest absolute Gasteiger partial charge is 0.251 e. The van der Waals surface area contributed by atoms with E-state index in [0.717, 1.165) is 49.7 Å². The van der Waals surface area contributed by atoms with Crippen molar-refractivity contribution in [2.24, 2.45) is 0 Å². The standard InChI is InChI=1S/C23H29N3O3/c1-28-20-12-16-9-11-26(15-18(16)13-21(20)29-2)22-14-17(8-10-24-22)23(27)25-19-6-4-3-5-7-19/h8,10,12-14,19H,3-7,9,11,15H2,1-2H3,(H,25,27). The van der Waals surface area contributed by atoms with Gasteiger partial charge < -0.3 is 19.7 Å². The lowest BCUT2D eigenvalue weighted by atomic mass is 9.95. The maximum Gasteiger partial charge on any atom is 0.251 e. The fourth-order valence-electron chi connectivity index (χ4n) is 4.33. The normalized spacial score (nSPS) is 16.8. The van der Waals surface area contributed by atoms with Gasteiger partial charge in [-0.15, -0.1) is 0 Å². The molecule has 1 N–H and O–H groups in total. The molecule has 6 heteroatoms. The second-order valence-electron chi connectivity index (χ2n) is 7.86. The van der Waals surface area contributed by atoms with Crippen LogP contribution in [-0.2, 0) is 13.0 Å². The van der Waals surface area contributed by atoms with Crippen LogP contribution in [0.25, 0.3) is 0 Å². The summed E-state index contributed by atoms with van der Waals surface area (Å²) in [6, 6.07) is 8.11. The van der Waals surface area contributed by atoms with Crippen LogP contribution in [0, 0.1) is 0 Å². The Balaban J connectivity index is 1.49. The summed E-state index contributed by atoms with van der Waals surface area (Å²) in [4.78, 5) is 19.5. The van der Waals surface area contributed by atoms with Gasteiger partial charge in [0.1, 0.15) is 5.82 Å². The van der Waals surface area contributed by atoms with Crippen LogP contribution in [0.4, 0.5) is 5.82 Å². The molecule has 0 radical (unpaired) electrons. The van der Waals surface area contributed by atoms with E-state index in [0.29, 0.717) is 11.6 Å². The SMILES string of the molecule is COc1cc2c(cc1OC)CN(c1cc(C(=O)NC3CCCCC3)ccn1)CC2. The Morgan fingerprint density at radius 3 is 2.52 bits per heavy atom. The van der Waals surface area contributed by atoms with Crippen molar-refractivity contribution >= 4 is 11.7 Å². The summed E-state index contributed by atoms with van der Waals surface area (Å²) in [5.74, 6) is 2.34. The van der Waals surface area contributed by atoms with Crippen LogP contribution < -0.4 is 19.7 Å². The first-order chi connectivity index (χ1) is 14.2. The average molecular weight is 396 g/mol. The molecule has 0 bridgehead atoms. The predicted molar refractivity (Wildman–Crippen MR) is 113 cm³/mol. The van der Waals surface area contributed by atoms with Gasteiger partial charge in [0.05, 0.1) is 14.2 Å². The molecule has 1 amide bonds. The lowest BCUT2D eigenvalue weighted by molar-refractivity contribution is 0.0927. The highest BCUT2D eigenvalue weighted by Crippen LogP contribution is 2.34. The first-order valence-corrected chi connectivity index (χ1v) is 10.4. The summed E-state index contributed by atoms with van der Waals surface area (Å²) >= 11 is 0. The number of anilines is 1. The summed E-state index contributed by atoms with van der Waals surface area (Å²) in [6.45, 7) is 1.58. The van der Waals surface area contributed by atoms with Gasteiger partial charge in [-0.25, -0.2) is 4.98 Å². The summed E-state index contributed by atoms with van der Waals surface area (Å²) in [5.41, 5.74) is 3.15. The lowest BCUT2D eigenvalue weighted by Crippen LogP contribution is -2.36. The first-order valence-electron chi connectivity index (χ1n) is 10.4. The maximum absolute atomic E-state index is 12.7. The number of carbonyl (C=O) groups is 1. The second-order valence-corrected chi connectivity index (χ2v) is 7.86. The molecule has 154 valence electrons. The highest BCUT2D eigenvalue weighted by molar-refractivity contribution is 5.95. The van der Waals surface area contributed by atoms with E-state index in [1.165, 1.54) is 30.4 Å². The Hall–Kier alpha value is -2.76. The number of nitrogens with zero attached hydrogens (tertiary/aromatic N) is 2. The summed E-state index contributed by atoms with van der Waals surface area (Å²) < 4.78 is 10.9. The Bertz CT molecular complexity index is 878.